The fourth-order valence-corrected chi connectivity index (χ4v) is 2.86. The van der Waals surface area contributed by atoms with Gasteiger partial charge in [0.15, 0.2) is 10.3 Å². The number of anilines is 1. The number of carbonyl (C=O) groups excluding carboxylic acids is 1. The molecular formula is C12H9Cl2N3O3S. The first-order valence-electron chi connectivity index (χ1n) is 5.78. The van der Waals surface area contributed by atoms with Gasteiger partial charge in [0.05, 0.1) is 11.1 Å². The number of rotatable bonds is 4. The van der Waals surface area contributed by atoms with Crippen LogP contribution in [0.5, 0.6) is 0 Å². The highest BCUT2D eigenvalue weighted by Crippen LogP contribution is 2.29. The lowest BCUT2D eigenvalue weighted by atomic mass is 10.2. The Morgan fingerprint density at radius 3 is 2.62 bits per heavy atom. The number of aryl methyl sites for hydroxylation is 1. The number of nitrogens with one attached hydrogen (secondary N) is 1. The summed E-state index contributed by atoms with van der Waals surface area (Å²) < 4.78 is 0. The average Bonchev–Trinajstić information content (AvgIpc) is 2.84. The number of nitrogens with zero attached hydrogens (tertiary/aromatic N) is 2. The summed E-state index contributed by atoms with van der Waals surface area (Å²) in [6, 6.07) is 2.79. The molecule has 2 N–H and O–H groups in total. The van der Waals surface area contributed by atoms with Crippen molar-refractivity contribution in [3.05, 3.63) is 38.4 Å². The van der Waals surface area contributed by atoms with Gasteiger partial charge < -0.3 is 10.4 Å². The summed E-state index contributed by atoms with van der Waals surface area (Å²) >= 11 is 12.7. The van der Waals surface area contributed by atoms with Crippen molar-refractivity contribution in [1.82, 2.24) is 10.2 Å². The zero-order valence-corrected chi connectivity index (χ0v) is 13.0. The molecule has 0 aliphatic carbocycles. The van der Waals surface area contributed by atoms with Gasteiger partial charge in [0, 0.05) is 4.88 Å². The molecule has 2 aromatic heterocycles. The molecule has 0 aliphatic rings. The molecule has 0 atom stereocenters. The molecule has 0 fully saturated rings. The molecule has 0 unspecified atom stereocenters. The van der Waals surface area contributed by atoms with Crippen LogP contribution in [-0.4, -0.2) is 27.2 Å². The Morgan fingerprint density at radius 1 is 1.29 bits per heavy atom. The molecule has 1 amide bonds. The van der Waals surface area contributed by atoms with Crippen molar-refractivity contribution in [2.45, 2.75) is 13.3 Å². The summed E-state index contributed by atoms with van der Waals surface area (Å²) in [5, 5.41) is 18.8. The molecule has 0 bridgehead atoms. The molecule has 0 aromatic carbocycles. The number of hydrogen-bond acceptors (Lipinski definition) is 5. The lowest BCUT2D eigenvalue weighted by Crippen LogP contribution is -2.14. The third kappa shape index (κ3) is 3.49. The number of carbonyl (C=O) groups is 2. The van der Waals surface area contributed by atoms with Crippen LogP contribution in [0.4, 0.5) is 5.00 Å². The Labute approximate surface area is 133 Å². The van der Waals surface area contributed by atoms with Gasteiger partial charge >= 0.3 is 5.97 Å². The summed E-state index contributed by atoms with van der Waals surface area (Å²) in [6.07, 6.45) is 0.671. The molecule has 0 aliphatic heterocycles. The molecule has 0 saturated heterocycles. The number of aromatic nitrogens is 2. The minimum Gasteiger partial charge on any atom is -0.478 e. The molecule has 6 nitrogen and oxygen atoms in total. The van der Waals surface area contributed by atoms with Gasteiger partial charge in [-0.05, 0) is 18.6 Å². The highest BCUT2D eigenvalue weighted by atomic mass is 35.5. The van der Waals surface area contributed by atoms with Crippen molar-refractivity contribution in [3.8, 4) is 0 Å². The standard InChI is InChI=1S/C12H9Cl2N3O3S/c1-2-5-3-7(12(19)20)11(21-5)15-10(18)6-4-8(13)16-17-9(6)14/h3-4H,2H2,1H3,(H,15,18)(H,19,20). The smallest absolute Gasteiger partial charge is 0.338 e. The maximum absolute atomic E-state index is 12.2. The largest absolute Gasteiger partial charge is 0.478 e. The summed E-state index contributed by atoms with van der Waals surface area (Å²) in [6.45, 7) is 1.90. The number of thiophene rings is 1. The van der Waals surface area contributed by atoms with E-state index in [2.05, 4.69) is 15.5 Å². The van der Waals surface area contributed by atoms with Crippen molar-refractivity contribution in [1.29, 1.82) is 0 Å². The normalized spacial score (nSPS) is 10.4. The maximum atomic E-state index is 12.2. The first-order valence-corrected chi connectivity index (χ1v) is 7.35. The van der Waals surface area contributed by atoms with Crippen molar-refractivity contribution in [2.75, 3.05) is 5.32 Å². The monoisotopic (exact) mass is 345 g/mol. The summed E-state index contributed by atoms with van der Waals surface area (Å²) in [5.74, 6) is -1.71. The summed E-state index contributed by atoms with van der Waals surface area (Å²) in [7, 11) is 0. The van der Waals surface area contributed by atoms with Crippen molar-refractivity contribution in [2.24, 2.45) is 0 Å². The number of hydrogen-bond donors (Lipinski definition) is 2. The highest BCUT2D eigenvalue weighted by molar-refractivity contribution is 7.16. The van der Waals surface area contributed by atoms with Gasteiger partial charge in [0.25, 0.3) is 5.91 Å². The Hall–Kier alpha value is -1.70. The zero-order valence-electron chi connectivity index (χ0n) is 10.7. The molecular weight excluding hydrogens is 337 g/mol. The number of carboxylic acid groups (broad SMARTS) is 1. The first kappa shape index (κ1) is 15.7. The minimum atomic E-state index is -1.11. The molecule has 2 rings (SSSR count). The van der Waals surface area contributed by atoms with Gasteiger partial charge in [-0.2, -0.15) is 0 Å². The van der Waals surface area contributed by atoms with E-state index in [0.29, 0.717) is 6.42 Å². The van der Waals surface area contributed by atoms with E-state index in [9.17, 15) is 9.59 Å². The van der Waals surface area contributed by atoms with Crippen molar-refractivity contribution < 1.29 is 14.7 Å². The second kappa shape index (κ2) is 6.38. The van der Waals surface area contributed by atoms with Crippen LogP contribution >= 0.6 is 34.5 Å². The third-order valence-corrected chi connectivity index (χ3v) is 4.21. The number of aromatic carboxylic acids is 1. The third-order valence-electron chi connectivity index (χ3n) is 2.55. The van der Waals surface area contributed by atoms with E-state index in [4.69, 9.17) is 28.3 Å². The Balaban J connectivity index is 2.33. The van der Waals surface area contributed by atoms with Crippen LogP contribution in [0.25, 0.3) is 0 Å². The Kier molecular flexibility index (Phi) is 4.76. The lowest BCUT2D eigenvalue weighted by molar-refractivity contribution is 0.0698. The fourth-order valence-electron chi connectivity index (χ4n) is 1.55. The van der Waals surface area contributed by atoms with E-state index in [1.807, 2.05) is 6.92 Å². The van der Waals surface area contributed by atoms with Crippen molar-refractivity contribution in [3.63, 3.8) is 0 Å². The topological polar surface area (TPSA) is 92.2 Å². The molecule has 0 spiro atoms. The van der Waals surface area contributed by atoms with E-state index < -0.39 is 11.9 Å². The van der Waals surface area contributed by atoms with Crippen LogP contribution in [0.3, 0.4) is 0 Å². The van der Waals surface area contributed by atoms with Crippen LogP contribution < -0.4 is 5.32 Å². The molecule has 2 heterocycles. The summed E-state index contributed by atoms with van der Waals surface area (Å²) in [4.78, 5) is 24.2. The van der Waals surface area contributed by atoms with Crippen LogP contribution in [0.1, 0.15) is 32.5 Å². The van der Waals surface area contributed by atoms with E-state index in [1.54, 1.807) is 0 Å². The van der Waals surface area contributed by atoms with Crippen LogP contribution in [0.15, 0.2) is 12.1 Å². The minimum absolute atomic E-state index is 0.0171. The molecule has 21 heavy (non-hydrogen) atoms. The van der Waals surface area contributed by atoms with Crippen LogP contribution in [-0.2, 0) is 6.42 Å². The van der Waals surface area contributed by atoms with Gasteiger partial charge in [-0.25, -0.2) is 4.79 Å². The number of amides is 1. The van der Waals surface area contributed by atoms with Gasteiger partial charge in [-0.1, -0.05) is 30.1 Å². The van der Waals surface area contributed by atoms with E-state index in [-0.39, 0.29) is 26.4 Å². The van der Waals surface area contributed by atoms with E-state index in [1.165, 1.54) is 23.5 Å². The molecule has 110 valence electrons. The van der Waals surface area contributed by atoms with Gasteiger partial charge in [0.2, 0.25) is 0 Å². The Morgan fingerprint density at radius 2 is 2.00 bits per heavy atom. The number of halogens is 2. The average molecular weight is 346 g/mol. The lowest BCUT2D eigenvalue weighted by Gasteiger charge is -2.05. The molecule has 9 heteroatoms. The van der Waals surface area contributed by atoms with Gasteiger partial charge in [-0.15, -0.1) is 21.5 Å². The van der Waals surface area contributed by atoms with Crippen LogP contribution in [0, 0.1) is 0 Å². The van der Waals surface area contributed by atoms with Crippen molar-refractivity contribution >= 4 is 51.4 Å². The van der Waals surface area contributed by atoms with E-state index in [0.717, 1.165) is 4.88 Å². The van der Waals surface area contributed by atoms with Gasteiger partial charge in [-0.3, -0.25) is 4.79 Å². The number of carboxylic acids is 1. The zero-order chi connectivity index (χ0) is 15.6. The predicted molar refractivity (Wildman–Crippen MR) is 80.7 cm³/mol. The Bertz CT molecular complexity index is 718. The molecule has 0 radical (unpaired) electrons. The van der Waals surface area contributed by atoms with Gasteiger partial charge in [0.1, 0.15) is 5.00 Å². The fraction of sp³-hybridized carbons (Fsp3) is 0.167. The second-order valence-electron chi connectivity index (χ2n) is 3.94. The molecule has 0 saturated carbocycles. The SMILES string of the molecule is CCc1cc(C(=O)O)c(NC(=O)c2cc(Cl)nnc2Cl)s1. The quantitative estimate of drug-likeness (QED) is 0.886. The summed E-state index contributed by atoms with van der Waals surface area (Å²) in [5.41, 5.74) is 0.0638. The maximum Gasteiger partial charge on any atom is 0.338 e. The highest BCUT2D eigenvalue weighted by Gasteiger charge is 2.19. The second-order valence-corrected chi connectivity index (χ2v) is 5.82. The van der Waals surface area contributed by atoms with E-state index >= 15 is 0 Å². The predicted octanol–water partition coefficient (Wildman–Crippen LogP) is 3.36. The van der Waals surface area contributed by atoms with Crippen LogP contribution in [0.2, 0.25) is 10.3 Å². The first-order chi connectivity index (χ1) is 9.92. The molecule has 2 aromatic rings.